The van der Waals surface area contributed by atoms with E-state index in [-0.39, 0.29) is 11.8 Å². The standard InChI is InChI=1S/C25H30N6O3S/c1-4-31(8-9-33-3)25(32)15-6-7-17-21(11-15)35-24-22(17)23(26-14-27-24)29-19-10-16-13-28-30-18(16)12-20(19)34-5-2/h10,12-15H,4-9,11H2,1-3H3,(H,28,30)(H,26,27,29)/t15-/m0/s1. The molecule has 0 saturated heterocycles. The molecule has 0 bridgehead atoms. The summed E-state index contributed by atoms with van der Waals surface area (Å²) in [6.07, 6.45) is 5.77. The van der Waals surface area contributed by atoms with Crippen molar-refractivity contribution < 1.29 is 14.3 Å². The summed E-state index contributed by atoms with van der Waals surface area (Å²) in [5.74, 6) is 1.70. The van der Waals surface area contributed by atoms with Crippen LogP contribution in [0.4, 0.5) is 11.5 Å². The Morgan fingerprint density at radius 1 is 1.31 bits per heavy atom. The predicted molar refractivity (Wildman–Crippen MR) is 138 cm³/mol. The molecule has 3 heterocycles. The maximum atomic E-state index is 13.2. The second kappa shape index (κ2) is 10.2. The molecule has 0 radical (unpaired) electrons. The van der Waals surface area contributed by atoms with E-state index in [2.05, 4.69) is 25.5 Å². The molecule has 35 heavy (non-hydrogen) atoms. The number of aromatic nitrogens is 4. The van der Waals surface area contributed by atoms with Crippen LogP contribution in [0.3, 0.4) is 0 Å². The fourth-order valence-corrected chi connectivity index (χ4v) is 6.04. The van der Waals surface area contributed by atoms with Crippen LogP contribution in [-0.2, 0) is 22.4 Å². The highest BCUT2D eigenvalue weighted by molar-refractivity contribution is 7.19. The number of hydrogen-bond donors (Lipinski definition) is 2. The van der Waals surface area contributed by atoms with Crippen LogP contribution in [0.2, 0.25) is 0 Å². The van der Waals surface area contributed by atoms with Crippen molar-refractivity contribution in [1.82, 2.24) is 25.1 Å². The van der Waals surface area contributed by atoms with Gasteiger partial charge in [-0.25, -0.2) is 9.97 Å². The fraction of sp³-hybridized carbons (Fsp3) is 0.440. The van der Waals surface area contributed by atoms with Gasteiger partial charge >= 0.3 is 0 Å². The van der Waals surface area contributed by atoms with Crippen LogP contribution in [0.1, 0.15) is 30.7 Å². The zero-order valence-corrected chi connectivity index (χ0v) is 21.1. The Hall–Kier alpha value is -3.24. The average Bonchev–Trinajstić information content (AvgIpc) is 3.48. The number of benzene rings is 1. The van der Waals surface area contributed by atoms with Crippen molar-refractivity contribution in [2.75, 3.05) is 38.7 Å². The molecule has 10 heteroatoms. The number of likely N-dealkylation sites (N-methyl/N-ethyl adjacent to an activating group) is 1. The van der Waals surface area contributed by atoms with Crippen LogP contribution in [-0.4, -0.2) is 64.4 Å². The molecule has 1 aromatic carbocycles. The fourth-order valence-electron chi connectivity index (χ4n) is 4.77. The number of ether oxygens (including phenoxy) is 2. The Balaban J connectivity index is 1.45. The first-order valence-electron chi connectivity index (χ1n) is 12.0. The number of methoxy groups -OCH3 is 1. The average molecular weight is 495 g/mol. The lowest BCUT2D eigenvalue weighted by Crippen LogP contribution is -2.39. The number of carbonyl (C=O) groups excluding carboxylic acids is 1. The van der Waals surface area contributed by atoms with E-state index < -0.39 is 0 Å². The highest BCUT2D eigenvalue weighted by Gasteiger charge is 2.31. The zero-order chi connectivity index (χ0) is 24.4. The van der Waals surface area contributed by atoms with Crippen molar-refractivity contribution in [2.45, 2.75) is 33.1 Å². The normalized spacial score (nSPS) is 15.3. The molecule has 0 spiro atoms. The maximum Gasteiger partial charge on any atom is 0.226 e. The number of thiophene rings is 1. The summed E-state index contributed by atoms with van der Waals surface area (Å²) in [5, 5.41) is 12.7. The number of anilines is 2. The Kier molecular flexibility index (Phi) is 6.83. The molecule has 184 valence electrons. The van der Waals surface area contributed by atoms with E-state index in [1.54, 1.807) is 31.0 Å². The van der Waals surface area contributed by atoms with Gasteiger partial charge in [0.2, 0.25) is 5.91 Å². The molecule has 2 N–H and O–H groups in total. The molecule has 1 aliphatic rings. The topological polar surface area (TPSA) is 105 Å². The molecule has 0 saturated carbocycles. The van der Waals surface area contributed by atoms with Gasteiger partial charge in [0.15, 0.2) is 0 Å². The van der Waals surface area contributed by atoms with Crippen LogP contribution in [0.25, 0.3) is 21.1 Å². The summed E-state index contributed by atoms with van der Waals surface area (Å²) in [4.78, 5) is 26.4. The van der Waals surface area contributed by atoms with E-state index in [1.165, 1.54) is 10.4 Å². The van der Waals surface area contributed by atoms with Gasteiger partial charge < -0.3 is 19.7 Å². The molecule has 0 unspecified atom stereocenters. The largest absolute Gasteiger partial charge is 0.492 e. The first kappa shape index (κ1) is 23.5. The number of rotatable bonds is 9. The number of amides is 1. The number of carbonyl (C=O) groups is 1. The second-order valence-corrected chi connectivity index (χ2v) is 9.70. The predicted octanol–water partition coefficient (Wildman–Crippen LogP) is 4.31. The van der Waals surface area contributed by atoms with Crippen LogP contribution in [0, 0.1) is 5.92 Å². The minimum atomic E-state index is -0.00945. The van der Waals surface area contributed by atoms with Crippen LogP contribution >= 0.6 is 11.3 Å². The maximum absolute atomic E-state index is 13.2. The highest BCUT2D eigenvalue weighted by Crippen LogP contribution is 2.42. The van der Waals surface area contributed by atoms with Gasteiger partial charge in [-0.15, -0.1) is 11.3 Å². The number of aromatic amines is 1. The van der Waals surface area contributed by atoms with Crippen molar-refractivity contribution in [3.8, 4) is 5.75 Å². The number of H-pyrrole nitrogens is 1. The van der Waals surface area contributed by atoms with Crippen molar-refractivity contribution in [3.63, 3.8) is 0 Å². The molecule has 9 nitrogen and oxygen atoms in total. The quantitative estimate of drug-likeness (QED) is 0.357. The number of fused-ring (bicyclic) bond motifs is 4. The van der Waals surface area contributed by atoms with Gasteiger partial charge in [-0.2, -0.15) is 5.10 Å². The molecule has 0 aliphatic heterocycles. The number of aryl methyl sites for hydroxylation is 1. The van der Waals surface area contributed by atoms with Gasteiger partial charge in [0.05, 0.1) is 36.0 Å². The SMILES string of the molecule is CCOc1cc2[nH]ncc2cc1Nc1ncnc2sc3c(c12)CC[C@H](C(=O)N(CC)CCOC)C3. The third-order valence-electron chi connectivity index (χ3n) is 6.55. The molecular formula is C25H30N6O3S. The molecule has 0 fully saturated rings. The molecule has 5 rings (SSSR count). The first-order valence-corrected chi connectivity index (χ1v) is 12.8. The molecule has 3 aromatic heterocycles. The molecular weight excluding hydrogens is 464 g/mol. The van der Waals surface area contributed by atoms with Crippen molar-refractivity contribution in [2.24, 2.45) is 5.92 Å². The Morgan fingerprint density at radius 2 is 2.20 bits per heavy atom. The number of nitrogens with zero attached hydrogens (tertiary/aromatic N) is 4. The third-order valence-corrected chi connectivity index (χ3v) is 7.71. The van der Waals surface area contributed by atoms with Gasteiger partial charge in [0, 0.05) is 42.4 Å². The highest BCUT2D eigenvalue weighted by atomic mass is 32.1. The minimum Gasteiger partial charge on any atom is -0.492 e. The van der Waals surface area contributed by atoms with E-state index in [9.17, 15) is 4.79 Å². The first-order chi connectivity index (χ1) is 17.1. The second-order valence-electron chi connectivity index (χ2n) is 8.62. The monoisotopic (exact) mass is 494 g/mol. The summed E-state index contributed by atoms with van der Waals surface area (Å²) in [5.41, 5.74) is 3.00. The van der Waals surface area contributed by atoms with Gasteiger partial charge in [-0.3, -0.25) is 9.89 Å². The van der Waals surface area contributed by atoms with E-state index >= 15 is 0 Å². The Morgan fingerprint density at radius 3 is 3.00 bits per heavy atom. The van der Waals surface area contributed by atoms with Crippen LogP contribution in [0.15, 0.2) is 24.7 Å². The van der Waals surface area contributed by atoms with E-state index in [1.807, 2.05) is 30.9 Å². The third kappa shape index (κ3) is 4.55. The van der Waals surface area contributed by atoms with Crippen molar-refractivity contribution >= 4 is 49.9 Å². The van der Waals surface area contributed by atoms with E-state index in [0.29, 0.717) is 26.3 Å². The van der Waals surface area contributed by atoms with Crippen LogP contribution in [0.5, 0.6) is 5.75 Å². The van der Waals surface area contributed by atoms with Crippen molar-refractivity contribution in [3.05, 3.63) is 35.1 Å². The summed E-state index contributed by atoms with van der Waals surface area (Å²) in [6.45, 7) is 6.41. The van der Waals surface area contributed by atoms with Crippen LogP contribution < -0.4 is 10.1 Å². The zero-order valence-electron chi connectivity index (χ0n) is 20.3. The van der Waals surface area contributed by atoms with Gasteiger partial charge in [-0.05, 0) is 44.7 Å². The molecule has 1 atom stereocenters. The Bertz CT molecular complexity index is 1350. The number of nitrogens with one attached hydrogen (secondary N) is 2. The smallest absolute Gasteiger partial charge is 0.226 e. The Labute approximate surface area is 207 Å². The van der Waals surface area contributed by atoms with Gasteiger partial charge in [0.1, 0.15) is 22.7 Å². The van der Waals surface area contributed by atoms with Crippen molar-refractivity contribution in [1.29, 1.82) is 0 Å². The molecule has 4 aromatic rings. The lowest BCUT2D eigenvalue weighted by atomic mass is 9.87. The molecule has 1 amide bonds. The lowest BCUT2D eigenvalue weighted by Gasteiger charge is -2.28. The lowest BCUT2D eigenvalue weighted by molar-refractivity contribution is -0.136. The summed E-state index contributed by atoms with van der Waals surface area (Å²) < 4.78 is 11.1. The number of hydrogen-bond acceptors (Lipinski definition) is 8. The summed E-state index contributed by atoms with van der Waals surface area (Å²) in [7, 11) is 1.67. The van der Waals surface area contributed by atoms with Gasteiger partial charge in [0.25, 0.3) is 0 Å². The van der Waals surface area contributed by atoms with Gasteiger partial charge in [-0.1, -0.05) is 0 Å². The summed E-state index contributed by atoms with van der Waals surface area (Å²) in [6, 6.07) is 3.97. The molecule has 1 aliphatic carbocycles. The minimum absolute atomic E-state index is 0.00945. The van der Waals surface area contributed by atoms with E-state index in [0.717, 1.165) is 57.6 Å². The summed E-state index contributed by atoms with van der Waals surface area (Å²) >= 11 is 1.67. The van der Waals surface area contributed by atoms with E-state index in [4.69, 9.17) is 9.47 Å².